The van der Waals surface area contributed by atoms with Crippen molar-refractivity contribution in [2.75, 3.05) is 6.54 Å². The number of rotatable bonds is 4. The van der Waals surface area contributed by atoms with Crippen LogP contribution < -0.4 is 5.73 Å². The Bertz CT molecular complexity index is 457. The van der Waals surface area contributed by atoms with E-state index in [0.29, 0.717) is 12.5 Å². The van der Waals surface area contributed by atoms with Gasteiger partial charge in [0.25, 0.3) is 0 Å². The zero-order chi connectivity index (χ0) is 12.3. The highest BCUT2D eigenvalue weighted by molar-refractivity contribution is 7.09. The maximum absolute atomic E-state index is 5.85. The maximum Gasteiger partial charge on any atom is 0.0971 e. The summed E-state index contributed by atoms with van der Waals surface area (Å²) >= 11 is 1.69. The van der Waals surface area contributed by atoms with Gasteiger partial charge in [-0.3, -0.25) is 0 Å². The van der Waals surface area contributed by atoms with Gasteiger partial charge in [0.05, 0.1) is 5.01 Å². The van der Waals surface area contributed by atoms with Crippen LogP contribution >= 0.6 is 11.3 Å². The molecule has 0 amide bonds. The number of thiazole rings is 1. The highest BCUT2D eigenvalue weighted by Gasteiger charge is 2.13. The molecule has 2 aromatic rings. The Kier molecular flexibility index (Phi) is 3.92. The van der Waals surface area contributed by atoms with Crippen LogP contribution in [0.25, 0.3) is 0 Å². The van der Waals surface area contributed by atoms with Gasteiger partial charge in [0, 0.05) is 24.0 Å². The van der Waals surface area contributed by atoms with E-state index in [1.165, 1.54) is 16.7 Å². The van der Waals surface area contributed by atoms with Crippen molar-refractivity contribution >= 4 is 11.3 Å². The van der Waals surface area contributed by atoms with Crippen molar-refractivity contribution in [3.63, 3.8) is 0 Å². The summed E-state index contributed by atoms with van der Waals surface area (Å²) in [4.78, 5) is 4.37. The maximum atomic E-state index is 5.85. The molecule has 1 atom stereocenters. The third-order valence-corrected chi connectivity index (χ3v) is 3.79. The molecule has 0 aliphatic carbocycles. The van der Waals surface area contributed by atoms with Crippen molar-refractivity contribution in [2.45, 2.75) is 26.2 Å². The first-order valence-corrected chi connectivity index (χ1v) is 6.73. The van der Waals surface area contributed by atoms with Crippen LogP contribution in [-0.2, 0) is 6.42 Å². The topological polar surface area (TPSA) is 38.9 Å². The highest BCUT2D eigenvalue weighted by atomic mass is 32.1. The van der Waals surface area contributed by atoms with E-state index in [0.717, 1.165) is 11.4 Å². The van der Waals surface area contributed by atoms with Crippen LogP contribution in [0.2, 0.25) is 0 Å². The molecule has 0 aliphatic rings. The fourth-order valence-corrected chi connectivity index (χ4v) is 2.93. The predicted octanol–water partition coefficient (Wildman–Crippen LogP) is 3.04. The molecule has 0 saturated carbocycles. The third kappa shape index (κ3) is 3.14. The van der Waals surface area contributed by atoms with Crippen molar-refractivity contribution in [1.82, 2.24) is 4.98 Å². The summed E-state index contributed by atoms with van der Waals surface area (Å²) in [6.07, 6.45) is 2.83. The van der Waals surface area contributed by atoms with Gasteiger partial charge in [-0.2, -0.15) is 0 Å². The number of benzene rings is 1. The van der Waals surface area contributed by atoms with Gasteiger partial charge in [-0.05, 0) is 25.8 Å². The largest absolute Gasteiger partial charge is 0.330 e. The molecule has 2 rings (SSSR count). The Morgan fingerprint density at radius 1 is 1.24 bits per heavy atom. The van der Waals surface area contributed by atoms with E-state index in [1.807, 2.05) is 11.6 Å². The van der Waals surface area contributed by atoms with E-state index in [9.17, 15) is 0 Å². The molecule has 0 spiro atoms. The van der Waals surface area contributed by atoms with Crippen LogP contribution in [0.5, 0.6) is 0 Å². The van der Waals surface area contributed by atoms with E-state index in [2.05, 4.69) is 37.0 Å². The van der Waals surface area contributed by atoms with Crippen molar-refractivity contribution in [3.8, 4) is 0 Å². The lowest BCUT2D eigenvalue weighted by Crippen LogP contribution is -2.15. The van der Waals surface area contributed by atoms with E-state index >= 15 is 0 Å². The number of nitrogens with zero attached hydrogens (tertiary/aromatic N) is 1. The fourth-order valence-electron chi connectivity index (χ4n) is 2.18. The molecule has 17 heavy (non-hydrogen) atoms. The SMILES string of the molecule is Cc1cc(C)cc(CC(CN)c2nccs2)c1. The smallest absolute Gasteiger partial charge is 0.0971 e. The molecule has 1 heterocycles. The van der Waals surface area contributed by atoms with Gasteiger partial charge in [-0.15, -0.1) is 11.3 Å². The lowest BCUT2D eigenvalue weighted by molar-refractivity contribution is 0.688. The monoisotopic (exact) mass is 246 g/mol. The quantitative estimate of drug-likeness (QED) is 0.900. The summed E-state index contributed by atoms with van der Waals surface area (Å²) < 4.78 is 0. The number of hydrogen-bond donors (Lipinski definition) is 1. The normalized spacial score (nSPS) is 12.6. The Balaban J connectivity index is 2.18. The van der Waals surface area contributed by atoms with Crippen LogP contribution in [0.4, 0.5) is 0 Å². The zero-order valence-corrected chi connectivity index (χ0v) is 11.1. The summed E-state index contributed by atoms with van der Waals surface area (Å²) in [6, 6.07) is 6.68. The van der Waals surface area contributed by atoms with E-state index in [-0.39, 0.29) is 0 Å². The molecular formula is C14H18N2S. The second kappa shape index (κ2) is 5.43. The van der Waals surface area contributed by atoms with Crippen LogP contribution in [0.1, 0.15) is 27.6 Å². The van der Waals surface area contributed by atoms with Gasteiger partial charge in [0.1, 0.15) is 0 Å². The van der Waals surface area contributed by atoms with E-state index in [4.69, 9.17) is 5.73 Å². The van der Waals surface area contributed by atoms with Crippen molar-refractivity contribution in [2.24, 2.45) is 5.73 Å². The first-order valence-electron chi connectivity index (χ1n) is 5.85. The molecular weight excluding hydrogens is 228 g/mol. The van der Waals surface area contributed by atoms with Gasteiger partial charge in [0.15, 0.2) is 0 Å². The average Bonchev–Trinajstić information content (AvgIpc) is 2.77. The molecule has 90 valence electrons. The second-order valence-electron chi connectivity index (χ2n) is 4.50. The first kappa shape index (κ1) is 12.3. The molecule has 1 aromatic carbocycles. The number of aryl methyl sites for hydroxylation is 2. The lowest BCUT2D eigenvalue weighted by atomic mass is 9.97. The summed E-state index contributed by atoms with van der Waals surface area (Å²) in [5, 5.41) is 3.16. The van der Waals surface area contributed by atoms with Gasteiger partial charge in [-0.1, -0.05) is 29.3 Å². The molecule has 2 nitrogen and oxygen atoms in total. The van der Waals surface area contributed by atoms with Crippen LogP contribution in [0.15, 0.2) is 29.8 Å². The second-order valence-corrected chi connectivity index (χ2v) is 5.43. The molecule has 0 bridgehead atoms. The Morgan fingerprint density at radius 2 is 1.94 bits per heavy atom. The summed E-state index contributed by atoms with van der Waals surface area (Å²) in [6.45, 7) is 4.93. The minimum absolute atomic E-state index is 0.344. The predicted molar refractivity (Wildman–Crippen MR) is 73.5 cm³/mol. The van der Waals surface area contributed by atoms with Gasteiger partial charge < -0.3 is 5.73 Å². The van der Waals surface area contributed by atoms with Gasteiger partial charge in [0.2, 0.25) is 0 Å². The van der Waals surface area contributed by atoms with Gasteiger partial charge >= 0.3 is 0 Å². The Labute approximate surface area is 107 Å². The van der Waals surface area contributed by atoms with Crippen LogP contribution in [-0.4, -0.2) is 11.5 Å². The van der Waals surface area contributed by atoms with E-state index < -0.39 is 0 Å². The summed E-state index contributed by atoms with van der Waals surface area (Å²) in [5.41, 5.74) is 9.84. The van der Waals surface area contributed by atoms with Crippen molar-refractivity contribution in [3.05, 3.63) is 51.5 Å². The van der Waals surface area contributed by atoms with Crippen molar-refractivity contribution < 1.29 is 0 Å². The molecule has 0 aliphatic heterocycles. The minimum atomic E-state index is 0.344. The molecule has 0 saturated heterocycles. The first-order chi connectivity index (χ1) is 8.19. The Morgan fingerprint density at radius 3 is 2.47 bits per heavy atom. The van der Waals surface area contributed by atoms with Gasteiger partial charge in [-0.25, -0.2) is 4.98 Å². The van der Waals surface area contributed by atoms with Crippen molar-refractivity contribution in [1.29, 1.82) is 0 Å². The third-order valence-electron chi connectivity index (χ3n) is 2.85. The number of hydrogen-bond acceptors (Lipinski definition) is 3. The van der Waals surface area contributed by atoms with Crippen LogP contribution in [0.3, 0.4) is 0 Å². The molecule has 0 radical (unpaired) electrons. The molecule has 3 heteroatoms. The molecule has 1 aromatic heterocycles. The summed E-state index contributed by atoms with van der Waals surface area (Å²) in [5.74, 6) is 0.344. The standard InChI is InChI=1S/C14H18N2S/c1-10-5-11(2)7-12(6-10)8-13(9-15)14-16-3-4-17-14/h3-7,13H,8-9,15H2,1-2H3. The average molecular weight is 246 g/mol. The number of nitrogens with two attached hydrogens (primary N) is 1. The minimum Gasteiger partial charge on any atom is -0.330 e. The number of aromatic nitrogens is 1. The fraction of sp³-hybridized carbons (Fsp3) is 0.357. The lowest BCUT2D eigenvalue weighted by Gasteiger charge is -2.13. The summed E-state index contributed by atoms with van der Waals surface area (Å²) in [7, 11) is 0. The highest BCUT2D eigenvalue weighted by Crippen LogP contribution is 2.22. The van der Waals surface area contributed by atoms with Crippen LogP contribution in [0, 0.1) is 13.8 Å². The molecule has 1 unspecified atom stereocenters. The zero-order valence-electron chi connectivity index (χ0n) is 10.3. The molecule has 2 N–H and O–H groups in total. The molecule has 0 fully saturated rings. The Hall–Kier alpha value is -1.19. The van der Waals surface area contributed by atoms with E-state index in [1.54, 1.807) is 11.3 Å².